The van der Waals surface area contributed by atoms with Gasteiger partial charge < -0.3 is 69.7 Å². The van der Waals surface area contributed by atoms with Gasteiger partial charge in [0.15, 0.2) is 5.96 Å². The van der Waals surface area contributed by atoms with Crippen molar-refractivity contribution in [2.24, 2.45) is 16.5 Å². The smallest absolute Gasteiger partial charge is 0.471 e. The molecule has 0 atom stereocenters. The number of fused-ring (bicyclic) bond motifs is 10. The molecule has 26 nitrogen and oxygen atoms in total. The van der Waals surface area contributed by atoms with E-state index >= 15 is 0 Å². The molecule has 668 valence electrons. The molecule has 6 amide bonds. The van der Waals surface area contributed by atoms with Gasteiger partial charge in [0.25, 0.3) is 35.2 Å². The number of nitrogens with zero attached hydrogens (tertiary/aromatic N) is 9. The van der Waals surface area contributed by atoms with Crippen molar-refractivity contribution >= 4 is 58.5 Å². The van der Waals surface area contributed by atoms with Crippen molar-refractivity contribution in [3.8, 4) is 5.88 Å². The molecule has 5 spiro atoms. The van der Waals surface area contributed by atoms with Crippen LogP contribution in [0.3, 0.4) is 0 Å². The Hall–Kier alpha value is -13.3. The standard InChI is InChI=1S/C21H18F3N3O5.C20H22N4O2.C19H17F2NO2.C19H20N2O3.C18H17FN2O2/c22-21(23,24)19(29)25-16-6-5-13(11-17(16)27(30)31)18(28)26-9-7-20(8-10-26)15-4-2-1-3-14(15)12-32-20;21-19(22)23-16-7-5-14(6-8-16)18(25)24-11-9-20(10-12-24)17-4-2-1-3-15(17)13-26-20;20-14-5-6-15(17(21)11-14)18(23)22-9-7-19(8-10-22)16-4-2-1-3-13(16)12-24-19;1-23-17-7-6-14(12-20-17)18(22)21-10-8-19(9-11-21)16-5-3-2-4-15(16)13-24-19;19-16-6-5-13(11-20-16)17(22)21-9-7-18(8-10-21)15-4-2-1-3-14(15)12-23-18/h1-6,11H,7-10,12H2,(H,25,29);1-8H,9-13H2,(H4,21,22,23);1-6,11H,7-10,12H2;2-7,12H,8-11,13H2,1H3;1-6,11H,7-10,12H2. The number of guanidine groups is 1. The van der Waals surface area contributed by atoms with Gasteiger partial charge in [0.05, 0.1) is 95.5 Å². The molecule has 10 aliphatic rings. The molecule has 10 aromatic rings. The quantitative estimate of drug-likeness (QED) is 0.0302. The van der Waals surface area contributed by atoms with E-state index in [2.05, 4.69) is 81.7 Å². The number of anilines is 1. The summed E-state index contributed by atoms with van der Waals surface area (Å²) in [5.74, 6) is -4.82. The number of likely N-dealkylation sites (tertiary alicyclic amines) is 5. The second-order valence-corrected chi connectivity index (χ2v) is 33.3. The Labute approximate surface area is 739 Å². The van der Waals surface area contributed by atoms with Crippen molar-refractivity contribution in [2.75, 3.05) is 77.9 Å². The van der Waals surface area contributed by atoms with Crippen molar-refractivity contribution in [1.29, 1.82) is 0 Å². The van der Waals surface area contributed by atoms with Crippen LogP contribution in [0, 0.1) is 27.7 Å². The number of methoxy groups -OCH3 is 1. The molecule has 0 radical (unpaired) electrons. The van der Waals surface area contributed by atoms with Crippen molar-refractivity contribution in [2.45, 2.75) is 131 Å². The number of pyridine rings is 2. The van der Waals surface area contributed by atoms with E-state index in [1.807, 2.05) is 64.4 Å². The summed E-state index contributed by atoms with van der Waals surface area (Å²) in [5, 5.41) is 12.8. The van der Waals surface area contributed by atoms with Gasteiger partial charge in [0.1, 0.15) is 17.3 Å². The van der Waals surface area contributed by atoms with Crippen LogP contribution in [-0.4, -0.2) is 160 Å². The second-order valence-electron chi connectivity index (χ2n) is 33.3. The van der Waals surface area contributed by atoms with Gasteiger partial charge in [-0.15, -0.1) is 0 Å². The molecular formula is C97H94F6N12O14. The zero-order valence-corrected chi connectivity index (χ0v) is 70.6. The maximum absolute atomic E-state index is 13.8. The van der Waals surface area contributed by atoms with Gasteiger partial charge in [-0.2, -0.15) is 17.6 Å². The van der Waals surface area contributed by atoms with Crippen molar-refractivity contribution < 1.29 is 88.5 Å². The van der Waals surface area contributed by atoms with Crippen LogP contribution in [0.2, 0.25) is 0 Å². The highest BCUT2D eigenvalue weighted by Gasteiger charge is 2.49. The summed E-state index contributed by atoms with van der Waals surface area (Å²) in [5.41, 5.74) is 22.2. The topological polar surface area (TPSA) is 319 Å². The third-order valence-corrected chi connectivity index (χ3v) is 26.0. The number of carbonyl (C=O) groups excluding carboxylic acids is 6. The number of ether oxygens (including phenoxy) is 6. The first-order chi connectivity index (χ1) is 62.2. The lowest BCUT2D eigenvalue weighted by Crippen LogP contribution is -2.45. The Kier molecular flexibility index (Phi) is 26.0. The lowest BCUT2D eigenvalue weighted by molar-refractivity contribution is -0.384. The number of nitrogens with two attached hydrogens (primary N) is 2. The number of piperidine rings is 5. The number of hydrogen-bond acceptors (Lipinski definition) is 17. The minimum absolute atomic E-state index is 0.00208. The van der Waals surface area contributed by atoms with E-state index in [1.54, 1.807) is 59.5 Å². The van der Waals surface area contributed by atoms with Gasteiger partial charge in [-0.05, 0) is 187 Å². The number of aliphatic imine (C=N–C) groups is 1. The summed E-state index contributed by atoms with van der Waals surface area (Å²) in [4.78, 5) is 105. The van der Waals surface area contributed by atoms with Gasteiger partial charge in [-0.25, -0.2) is 23.7 Å². The Morgan fingerprint density at radius 3 is 1.09 bits per heavy atom. The Bertz CT molecular complexity index is 5880. The second kappa shape index (κ2) is 37.6. The van der Waals surface area contributed by atoms with Crippen LogP contribution < -0.4 is 21.5 Å². The summed E-state index contributed by atoms with van der Waals surface area (Å²) >= 11 is 0. The molecule has 0 unspecified atom stereocenters. The van der Waals surface area contributed by atoms with Crippen LogP contribution in [0.5, 0.6) is 5.88 Å². The fraction of sp³-hybridized carbons (Fsp3) is 0.330. The third kappa shape index (κ3) is 18.9. The van der Waals surface area contributed by atoms with Crippen molar-refractivity contribution in [3.63, 3.8) is 0 Å². The number of halogens is 6. The average molecular weight is 1770 g/mol. The molecule has 5 N–H and O–H groups in total. The molecule has 0 saturated carbocycles. The maximum atomic E-state index is 13.8. The average Bonchev–Trinajstić information content (AvgIpc) is 1.67. The monoisotopic (exact) mass is 1760 g/mol. The molecule has 12 heterocycles. The molecule has 10 aliphatic heterocycles. The molecule has 0 bridgehead atoms. The van der Waals surface area contributed by atoms with E-state index in [0.29, 0.717) is 152 Å². The molecule has 5 saturated heterocycles. The van der Waals surface area contributed by atoms with Gasteiger partial charge in [0.2, 0.25) is 11.8 Å². The highest BCUT2D eigenvalue weighted by Crippen LogP contribution is 2.50. The molecule has 20 rings (SSSR count). The highest BCUT2D eigenvalue weighted by molar-refractivity contribution is 6.00. The van der Waals surface area contributed by atoms with Gasteiger partial charge >= 0.3 is 12.1 Å². The van der Waals surface area contributed by atoms with Crippen LogP contribution in [0.4, 0.5) is 43.4 Å². The summed E-state index contributed by atoms with van der Waals surface area (Å²) in [6, 6.07) is 60.3. The van der Waals surface area contributed by atoms with Crippen LogP contribution >= 0.6 is 0 Å². The first-order valence-corrected chi connectivity index (χ1v) is 42.7. The number of rotatable bonds is 9. The Balaban J connectivity index is 0.000000119. The number of nitrogens with one attached hydrogen (secondary N) is 1. The molecular weight excluding hydrogens is 1670 g/mol. The van der Waals surface area contributed by atoms with E-state index in [-0.39, 0.29) is 57.2 Å². The Morgan fingerprint density at radius 2 is 0.760 bits per heavy atom. The SMILES string of the molecule is COc1ccc(C(=O)N2CCC3(CC2)OCc2ccccc23)cn1.NC(N)=Nc1ccc(C(=O)N2CCC3(CC2)OCc2ccccc23)cc1.O=C(c1ccc(F)cc1F)N1CCC2(CC1)OCc1ccccc12.O=C(c1ccc(F)nc1)N1CCC2(CC1)OCc1ccccc12.O=C(c1ccc(NC(=O)C(F)(F)F)c([N+](=O)[O-])c1)N1CCC2(CC1)OCc1ccccc12. The predicted molar refractivity (Wildman–Crippen MR) is 461 cm³/mol. The molecule has 32 heteroatoms. The summed E-state index contributed by atoms with van der Waals surface area (Å²) in [6.45, 7) is 8.78. The number of benzene rings is 8. The van der Waals surface area contributed by atoms with Gasteiger partial charge in [-0.1, -0.05) is 121 Å². The minimum atomic E-state index is -5.20. The summed E-state index contributed by atoms with van der Waals surface area (Å²) in [6.07, 6.45) is 5.01. The number of hydrogen-bond donors (Lipinski definition) is 3. The number of amides is 6. The van der Waals surface area contributed by atoms with E-state index in [1.165, 1.54) is 79.1 Å². The largest absolute Gasteiger partial charge is 0.481 e. The normalized spacial score (nSPS) is 18.1. The summed E-state index contributed by atoms with van der Waals surface area (Å²) < 4.78 is 113. The minimum Gasteiger partial charge on any atom is -0.481 e. The maximum Gasteiger partial charge on any atom is 0.471 e. The zero-order chi connectivity index (χ0) is 90.4. The molecule has 8 aromatic carbocycles. The fourth-order valence-electron chi connectivity index (χ4n) is 19.0. The first kappa shape index (κ1) is 89.1. The van der Waals surface area contributed by atoms with Crippen molar-refractivity contribution in [1.82, 2.24) is 34.5 Å². The number of aromatic nitrogens is 2. The van der Waals surface area contributed by atoms with Crippen LogP contribution in [0.25, 0.3) is 0 Å². The highest BCUT2D eigenvalue weighted by atomic mass is 19.4. The summed E-state index contributed by atoms with van der Waals surface area (Å²) in [7, 11) is 1.56. The van der Waals surface area contributed by atoms with Crippen molar-refractivity contribution in [3.05, 3.63) is 330 Å². The van der Waals surface area contributed by atoms with E-state index in [9.17, 15) is 65.2 Å². The van der Waals surface area contributed by atoms with Gasteiger partial charge in [-0.3, -0.25) is 38.9 Å². The zero-order valence-electron chi connectivity index (χ0n) is 70.6. The van der Waals surface area contributed by atoms with Crippen LogP contribution in [-0.2, 0) is 89.5 Å². The number of nitro benzene ring substituents is 1. The Morgan fingerprint density at radius 1 is 0.426 bits per heavy atom. The fourth-order valence-corrected chi connectivity index (χ4v) is 19.0. The van der Waals surface area contributed by atoms with E-state index in [0.717, 1.165) is 80.0 Å². The van der Waals surface area contributed by atoms with E-state index in [4.69, 9.17) is 39.9 Å². The first-order valence-electron chi connectivity index (χ1n) is 42.7. The third-order valence-electron chi connectivity index (χ3n) is 26.0. The number of carbonyl (C=O) groups is 6. The van der Waals surface area contributed by atoms with Crippen LogP contribution in [0.15, 0.2) is 224 Å². The lowest BCUT2D eigenvalue weighted by atomic mass is 9.83. The molecule has 0 aliphatic carbocycles. The molecule has 2 aromatic heterocycles. The van der Waals surface area contributed by atoms with E-state index < -0.39 is 63.4 Å². The molecule has 129 heavy (non-hydrogen) atoms. The molecule has 5 fully saturated rings. The van der Waals surface area contributed by atoms with Gasteiger partial charge in [0, 0.05) is 107 Å². The number of nitro groups is 1. The number of alkyl halides is 3. The predicted octanol–water partition coefficient (Wildman–Crippen LogP) is 15.3. The van der Waals surface area contributed by atoms with Crippen LogP contribution in [0.1, 0.15) is 172 Å². The lowest BCUT2D eigenvalue weighted by Gasteiger charge is -2.39.